The summed E-state index contributed by atoms with van der Waals surface area (Å²) in [6, 6.07) is 14.8. The second kappa shape index (κ2) is 7.41. The van der Waals surface area contributed by atoms with Crippen molar-refractivity contribution in [2.75, 3.05) is 41.3 Å². The fourth-order valence-electron chi connectivity index (χ4n) is 3.87. The summed E-state index contributed by atoms with van der Waals surface area (Å²) in [5.74, 6) is 0. The Hall–Kier alpha value is -2.63. The van der Waals surface area contributed by atoms with Crippen LogP contribution in [0.5, 0.6) is 0 Å². The molecule has 2 aromatic carbocycles. The van der Waals surface area contributed by atoms with E-state index in [1.54, 1.807) is 0 Å². The topological polar surface area (TPSA) is 44.3 Å². The first kappa shape index (κ1) is 18.7. The first-order valence-electron chi connectivity index (χ1n) is 9.81. The number of aromatic nitrogens is 2. The van der Waals surface area contributed by atoms with Crippen LogP contribution in [-0.4, -0.2) is 60.6 Å². The molecular weight excluding hydrogens is 348 g/mol. The zero-order valence-electron chi connectivity index (χ0n) is 17.1. The Labute approximate surface area is 165 Å². The van der Waals surface area contributed by atoms with E-state index in [0.717, 1.165) is 46.7 Å². The zero-order valence-corrected chi connectivity index (χ0v) is 17.1. The lowest BCUT2D eigenvalue weighted by Gasteiger charge is -2.16. The molecule has 0 spiro atoms. The molecule has 0 bridgehead atoms. The van der Waals surface area contributed by atoms with Gasteiger partial charge in [-0.15, -0.1) is 0 Å². The van der Waals surface area contributed by atoms with E-state index in [9.17, 15) is 4.79 Å². The average molecular weight is 377 g/mol. The smallest absolute Gasteiger partial charge is 0.275 e. The molecule has 0 aliphatic heterocycles. The molecule has 0 unspecified atom stereocenters. The van der Waals surface area contributed by atoms with E-state index in [1.165, 1.54) is 5.56 Å². The molecule has 2 aromatic heterocycles. The van der Waals surface area contributed by atoms with Crippen molar-refractivity contribution in [3.63, 3.8) is 0 Å². The minimum absolute atomic E-state index is 0.0605. The summed E-state index contributed by atoms with van der Waals surface area (Å²) in [5, 5.41) is 3.29. The number of H-pyrrole nitrogens is 1. The highest BCUT2D eigenvalue weighted by Crippen LogP contribution is 2.30. The van der Waals surface area contributed by atoms with Crippen LogP contribution in [0.25, 0.3) is 32.7 Å². The van der Waals surface area contributed by atoms with Crippen LogP contribution in [0.4, 0.5) is 0 Å². The summed E-state index contributed by atoms with van der Waals surface area (Å²) in [6.07, 6.45) is 0.969. The lowest BCUT2D eigenvalue weighted by molar-refractivity contribution is 0.384. The van der Waals surface area contributed by atoms with Crippen molar-refractivity contribution >= 4 is 32.7 Å². The Bertz CT molecular complexity index is 1200. The number of likely N-dealkylation sites (N-methyl/N-ethyl adjacent to an activating group) is 2. The molecular formula is C23H28N4O. The van der Waals surface area contributed by atoms with Crippen LogP contribution in [-0.2, 0) is 13.0 Å². The minimum atomic E-state index is 0.0605. The van der Waals surface area contributed by atoms with Crippen molar-refractivity contribution in [2.45, 2.75) is 13.0 Å². The Balaban J connectivity index is 2.01. The number of aromatic amines is 1. The highest BCUT2D eigenvalue weighted by molar-refractivity contribution is 6.19. The molecule has 0 atom stereocenters. The molecule has 28 heavy (non-hydrogen) atoms. The van der Waals surface area contributed by atoms with Gasteiger partial charge >= 0.3 is 0 Å². The molecule has 4 rings (SSSR count). The van der Waals surface area contributed by atoms with Gasteiger partial charge in [-0.25, -0.2) is 0 Å². The Morgan fingerprint density at radius 1 is 0.929 bits per heavy atom. The van der Waals surface area contributed by atoms with Crippen LogP contribution in [0.3, 0.4) is 0 Å². The van der Waals surface area contributed by atoms with Crippen molar-refractivity contribution in [3.8, 4) is 0 Å². The van der Waals surface area contributed by atoms with Crippen molar-refractivity contribution < 1.29 is 0 Å². The van der Waals surface area contributed by atoms with Crippen molar-refractivity contribution in [3.05, 3.63) is 58.4 Å². The molecule has 146 valence electrons. The normalized spacial score (nSPS) is 12.2. The van der Waals surface area contributed by atoms with Gasteiger partial charge in [0.2, 0.25) is 0 Å². The van der Waals surface area contributed by atoms with E-state index < -0.39 is 0 Å². The van der Waals surface area contributed by atoms with E-state index in [1.807, 2.05) is 36.9 Å². The molecule has 0 saturated carbocycles. The maximum absolute atomic E-state index is 13.4. The van der Waals surface area contributed by atoms with E-state index in [-0.39, 0.29) is 5.56 Å². The van der Waals surface area contributed by atoms with Gasteiger partial charge in [0, 0.05) is 41.3 Å². The number of hydrogen-bond acceptors (Lipinski definition) is 3. The summed E-state index contributed by atoms with van der Waals surface area (Å²) in [7, 11) is 8.25. The van der Waals surface area contributed by atoms with Crippen LogP contribution in [0.1, 0.15) is 5.56 Å². The molecule has 1 N–H and O–H groups in total. The van der Waals surface area contributed by atoms with Crippen molar-refractivity contribution in [1.29, 1.82) is 0 Å². The highest BCUT2D eigenvalue weighted by Gasteiger charge is 2.16. The molecule has 5 nitrogen and oxygen atoms in total. The Morgan fingerprint density at radius 3 is 2.43 bits per heavy atom. The largest absolute Gasteiger partial charge is 0.350 e. The maximum atomic E-state index is 13.4. The number of para-hydroxylation sites is 1. The summed E-state index contributed by atoms with van der Waals surface area (Å²) in [4.78, 5) is 21.1. The van der Waals surface area contributed by atoms with Crippen LogP contribution < -0.4 is 5.56 Å². The van der Waals surface area contributed by atoms with Crippen LogP contribution in [0, 0.1) is 0 Å². The van der Waals surface area contributed by atoms with Gasteiger partial charge in [-0.3, -0.25) is 4.79 Å². The Morgan fingerprint density at radius 2 is 1.68 bits per heavy atom. The predicted octanol–water partition coefficient (Wildman–Crippen LogP) is 3.30. The average Bonchev–Trinajstić information content (AvgIpc) is 3.06. The third kappa shape index (κ3) is 3.32. The number of hydrogen-bond donors (Lipinski definition) is 1. The quantitative estimate of drug-likeness (QED) is 0.562. The van der Waals surface area contributed by atoms with Gasteiger partial charge in [-0.1, -0.05) is 30.3 Å². The van der Waals surface area contributed by atoms with E-state index >= 15 is 0 Å². The summed E-state index contributed by atoms with van der Waals surface area (Å²) in [6.45, 7) is 2.48. The van der Waals surface area contributed by atoms with Gasteiger partial charge in [-0.2, -0.15) is 0 Å². The standard InChI is InChI=1S/C23H28N4O/c1-25(2)12-11-16-9-10-18-20(15-16)27(14-13-26(3)4)23(28)22-21(18)17-7-5-6-8-19(17)24-22/h5-10,15,24H,11-14H2,1-4H3. The van der Waals surface area contributed by atoms with E-state index in [4.69, 9.17) is 0 Å². The molecule has 0 aliphatic carbocycles. The highest BCUT2D eigenvalue weighted by atomic mass is 16.1. The van der Waals surface area contributed by atoms with E-state index in [2.05, 4.69) is 53.1 Å². The van der Waals surface area contributed by atoms with Gasteiger partial charge in [0.1, 0.15) is 5.52 Å². The SMILES string of the molecule is CN(C)CCc1ccc2c3c([nH]c4ccccc43)c(=O)n(CCN(C)C)c2c1. The van der Waals surface area contributed by atoms with Crippen LogP contribution in [0.15, 0.2) is 47.3 Å². The van der Waals surface area contributed by atoms with Gasteiger partial charge in [-0.05, 0) is 52.3 Å². The van der Waals surface area contributed by atoms with Gasteiger partial charge in [0.25, 0.3) is 5.56 Å². The second-order valence-electron chi connectivity index (χ2n) is 8.09. The molecule has 0 aliphatic rings. The number of benzene rings is 2. The number of nitrogens with one attached hydrogen (secondary N) is 1. The fraction of sp³-hybridized carbons (Fsp3) is 0.348. The fourth-order valence-corrected chi connectivity index (χ4v) is 3.87. The van der Waals surface area contributed by atoms with Gasteiger partial charge in [0.05, 0.1) is 5.52 Å². The number of fused-ring (bicyclic) bond motifs is 5. The lowest BCUT2D eigenvalue weighted by Crippen LogP contribution is -2.27. The molecule has 0 radical (unpaired) electrons. The summed E-state index contributed by atoms with van der Waals surface area (Å²) >= 11 is 0. The maximum Gasteiger partial charge on any atom is 0.275 e. The molecule has 0 amide bonds. The monoisotopic (exact) mass is 376 g/mol. The molecule has 0 saturated heterocycles. The first-order valence-corrected chi connectivity index (χ1v) is 9.81. The number of nitrogens with zero attached hydrogens (tertiary/aromatic N) is 3. The molecule has 0 fully saturated rings. The predicted molar refractivity (Wildman–Crippen MR) is 118 cm³/mol. The Kier molecular flexibility index (Phi) is 4.96. The molecule has 4 aromatic rings. The minimum Gasteiger partial charge on any atom is -0.350 e. The summed E-state index contributed by atoms with van der Waals surface area (Å²) < 4.78 is 1.94. The third-order valence-corrected chi connectivity index (χ3v) is 5.41. The van der Waals surface area contributed by atoms with Crippen molar-refractivity contribution in [2.24, 2.45) is 0 Å². The number of rotatable bonds is 6. The third-order valence-electron chi connectivity index (χ3n) is 5.41. The van der Waals surface area contributed by atoms with Gasteiger partial charge < -0.3 is 19.4 Å². The van der Waals surface area contributed by atoms with Gasteiger partial charge in [0.15, 0.2) is 0 Å². The first-order chi connectivity index (χ1) is 13.5. The van der Waals surface area contributed by atoms with Crippen molar-refractivity contribution in [1.82, 2.24) is 19.4 Å². The number of pyridine rings is 1. The summed E-state index contributed by atoms with van der Waals surface area (Å²) in [5.41, 5.74) is 4.07. The lowest BCUT2D eigenvalue weighted by atomic mass is 10.0. The van der Waals surface area contributed by atoms with E-state index in [0.29, 0.717) is 12.1 Å². The van der Waals surface area contributed by atoms with Crippen LogP contribution in [0.2, 0.25) is 0 Å². The van der Waals surface area contributed by atoms with Crippen LogP contribution >= 0.6 is 0 Å². The second-order valence-corrected chi connectivity index (χ2v) is 8.09. The molecule has 2 heterocycles. The zero-order chi connectivity index (χ0) is 19.8. The molecule has 5 heteroatoms.